The molecule has 5 rings (SSSR count). The standard InChI is InChI=1S/C25H20Br2Cl2N2O4/c1-11(22(32)12-2-6-14(28)7-3-12)30(23(33)13-4-8-15(29)9-5-13)31-24(34)18-16-10-17(19(18)25(31)35)21(27)20(16)26/h2-9,11,16-21H,10H2,1H3/t11-,16-,17-,18-,19+,20+,21+/m1/s1. The zero-order valence-corrected chi connectivity index (χ0v) is 23.1. The molecule has 6 nitrogen and oxygen atoms in total. The number of hydrogen-bond acceptors (Lipinski definition) is 4. The van der Waals surface area contributed by atoms with Crippen LogP contribution in [0.25, 0.3) is 0 Å². The van der Waals surface area contributed by atoms with Gasteiger partial charge in [-0.15, -0.1) is 0 Å². The highest BCUT2D eigenvalue weighted by molar-refractivity contribution is 9.12. The lowest BCUT2D eigenvalue weighted by Crippen LogP contribution is -2.56. The minimum absolute atomic E-state index is 0.0226. The highest BCUT2D eigenvalue weighted by atomic mass is 79.9. The summed E-state index contributed by atoms with van der Waals surface area (Å²) in [6.07, 6.45) is 0.761. The SMILES string of the molecule is C[C@H](C(=O)c1ccc(Cl)cc1)N(C(=O)c1ccc(Cl)cc1)N1C(=O)[C@@H]2[C@H]3C[C@@H]([C@H](Br)[C@H]3Br)[C@@H]2C1=O. The van der Waals surface area contributed by atoms with Crippen molar-refractivity contribution in [1.29, 1.82) is 0 Å². The molecule has 2 aliphatic carbocycles. The van der Waals surface area contributed by atoms with Crippen molar-refractivity contribution in [2.75, 3.05) is 0 Å². The van der Waals surface area contributed by atoms with Gasteiger partial charge in [0.1, 0.15) is 6.04 Å². The molecule has 7 atom stereocenters. The minimum atomic E-state index is -1.12. The summed E-state index contributed by atoms with van der Waals surface area (Å²) < 4.78 is 0. The number of hydrogen-bond donors (Lipinski definition) is 0. The van der Waals surface area contributed by atoms with Gasteiger partial charge in [-0.05, 0) is 73.7 Å². The van der Waals surface area contributed by atoms with Gasteiger partial charge in [0.25, 0.3) is 17.7 Å². The van der Waals surface area contributed by atoms with Gasteiger partial charge in [0.15, 0.2) is 5.78 Å². The number of nitrogens with zero attached hydrogens (tertiary/aromatic N) is 2. The zero-order valence-electron chi connectivity index (χ0n) is 18.4. The average molecular weight is 643 g/mol. The van der Waals surface area contributed by atoms with Gasteiger partial charge in [-0.3, -0.25) is 19.2 Å². The van der Waals surface area contributed by atoms with Gasteiger partial charge in [0.05, 0.1) is 11.8 Å². The second-order valence-electron chi connectivity index (χ2n) is 9.20. The van der Waals surface area contributed by atoms with Crippen LogP contribution in [0.4, 0.5) is 0 Å². The number of halogens is 4. The molecule has 3 amide bonds. The van der Waals surface area contributed by atoms with E-state index in [0.29, 0.717) is 15.6 Å². The second-order valence-corrected chi connectivity index (χ2v) is 12.2. The first kappa shape index (κ1) is 24.9. The number of fused-ring (bicyclic) bond motifs is 5. The van der Waals surface area contributed by atoms with Crippen molar-refractivity contribution in [2.45, 2.75) is 29.0 Å². The van der Waals surface area contributed by atoms with Crippen molar-refractivity contribution in [3.63, 3.8) is 0 Å². The maximum Gasteiger partial charge on any atom is 0.273 e. The average Bonchev–Trinajstić information content (AvgIpc) is 3.45. The van der Waals surface area contributed by atoms with E-state index in [2.05, 4.69) is 31.9 Å². The smallest absolute Gasteiger partial charge is 0.273 e. The van der Waals surface area contributed by atoms with Crippen LogP contribution in [-0.4, -0.2) is 49.2 Å². The van der Waals surface area contributed by atoms with Gasteiger partial charge >= 0.3 is 0 Å². The molecule has 182 valence electrons. The van der Waals surface area contributed by atoms with Gasteiger partial charge in [0, 0.05) is 30.8 Å². The maximum atomic E-state index is 13.7. The molecular weight excluding hydrogens is 623 g/mol. The lowest BCUT2D eigenvalue weighted by molar-refractivity contribution is -0.157. The highest BCUT2D eigenvalue weighted by Crippen LogP contribution is 2.60. The molecule has 2 aromatic carbocycles. The number of imide groups is 1. The van der Waals surface area contributed by atoms with Crippen LogP contribution in [0.15, 0.2) is 48.5 Å². The van der Waals surface area contributed by atoms with Crippen LogP contribution in [0.3, 0.4) is 0 Å². The summed E-state index contributed by atoms with van der Waals surface area (Å²) in [6, 6.07) is 11.3. The van der Waals surface area contributed by atoms with Crippen molar-refractivity contribution in [1.82, 2.24) is 10.0 Å². The summed E-state index contributed by atoms with van der Waals surface area (Å²) in [5.41, 5.74) is 0.527. The molecular formula is C25H20Br2Cl2N2O4. The third-order valence-electron chi connectivity index (χ3n) is 7.35. The van der Waals surface area contributed by atoms with Crippen molar-refractivity contribution in [2.24, 2.45) is 23.7 Å². The fraction of sp³-hybridized carbons (Fsp3) is 0.360. The zero-order chi connectivity index (χ0) is 25.2. The Balaban J connectivity index is 1.55. The van der Waals surface area contributed by atoms with E-state index in [-0.39, 0.29) is 27.1 Å². The largest absolute Gasteiger partial charge is 0.292 e. The van der Waals surface area contributed by atoms with Gasteiger partial charge in [0.2, 0.25) is 0 Å². The predicted octanol–water partition coefficient (Wildman–Crippen LogP) is 5.40. The summed E-state index contributed by atoms with van der Waals surface area (Å²) in [4.78, 5) is 54.7. The lowest BCUT2D eigenvalue weighted by Gasteiger charge is -2.35. The molecule has 1 saturated heterocycles. The molecule has 0 spiro atoms. The molecule has 0 aromatic heterocycles. The Kier molecular flexibility index (Phi) is 6.62. The Hall–Kier alpha value is -1.74. The first-order valence-electron chi connectivity index (χ1n) is 11.2. The van der Waals surface area contributed by atoms with E-state index >= 15 is 0 Å². The van der Waals surface area contributed by atoms with E-state index in [0.717, 1.165) is 16.4 Å². The summed E-state index contributed by atoms with van der Waals surface area (Å²) in [6.45, 7) is 1.52. The summed E-state index contributed by atoms with van der Waals surface area (Å²) >= 11 is 19.3. The highest BCUT2D eigenvalue weighted by Gasteiger charge is 2.68. The van der Waals surface area contributed by atoms with Crippen molar-refractivity contribution in [3.8, 4) is 0 Å². The molecule has 2 bridgehead atoms. The van der Waals surface area contributed by atoms with E-state index in [9.17, 15) is 19.2 Å². The summed E-state index contributed by atoms with van der Waals surface area (Å²) in [7, 11) is 0. The number of Topliss-reactive ketones (excluding diaryl/α,β-unsaturated/α-hetero) is 1. The van der Waals surface area contributed by atoms with Gasteiger partial charge in [-0.1, -0.05) is 55.1 Å². The number of ketones is 1. The molecule has 2 saturated carbocycles. The van der Waals surface area contributed by atoms with Gasteiger partial charge in [-0.2, -0.15) is 5.01 Å². The molecule has 1 heterocycles. The van der Waals surface area contributed by atoms with Crippen LogP contribution in [-0.2, 0) is 9.59 Å². The molecule has 0 unspecified atom stereocenters. The Labute approximate surface area is 229 Å². The van der Waals surface area contributed by atoms with E-state index < -0.39 is 41.4 Å². The Bertz CT molecular complexity index is 1190. The fourth-order valence-electron chi connectivity index (χ4n) is 5.68. The van der Waals surface area contributed by atoms with Crippen molar-refractivity contribution >= 4 is 78.6 Å². The van der Waals surface area contributed by atoms with Crippen LogP contribution in [0, 0.1) is 23.7 Å². The third-order valence-corrected chi connectivity index (χ3v) is 11.1. The van der Waals surface area contributed by atoms with Crippen molar-refractivity contribution < 1.29 is 19.2 Å². The molecule has 3 aliphatic rings. The summed E-state index contributed by atoms with van der Waals surface area (Å²) in [5.74, 6) is -3.01. The molecule has 2 aromatic rings. The maximum absolute atomic E-state index is 13.7. The first-order chi connectivity index (χ1) is 16.6. The number of hydrazine groups is 1. The number of rotatable bonds is 5. The third kappa shape index (κ3) is 3.97. The molecule has 10 heteroatoms. The van der Waals surface area contributed by atoms with E-state index in [1.807, 2.05) is 0 Å². The van der Waals surface area contributed by atoms with Gasteiger partial charge < -0.3 is 0 Å². The van der Waals surface area contributed by atoms with Crippen LogP contribution in [0.1, 0.15) is 34.1 Å². The number of benzene rings is 2. The van der Waals surface area contributed by atoms with E-state index in [4.69, 9.17) is 23.2 Å². The Morgan fingerprint density at radius 3 is 1.74 bits per heavy atom. The predicted molar refractivity (Wildman–Crippen MR) is 139 cm³/mol. The Morgan fingerprint density at radius 2 is 1.29 bits per heavy atom. The molecule has 3 fully saturated rings. The van der Waals surface area contributed by atoms with E-state index in [1.165, 1.54) is 19.1 Å². The Morgan fingerprint density at radius 1 is 0.857 bits per heavy atom. The topological polar surface area (TPSA) is 74.8 Å². The molecule has 1 aliphatic heterocycles. The van der Waals surface area contributed by atoms with Gasteiger partial charge in [-0.25, -0.2) is 5.01 Å². The number of carbonyl (C=O) groups excluding carboxylic acids is 4. The quantitative estimate of drug-likeness (QED) is 0.249. The number of amides is 3. The van der Waals surface area contributed by atoms with Crippen LogP contribution >= 0.6 is 55.1 Å². The fourth-order valence-corrected chi connectivity index (χ4v) is 7.80. The number of carbonyl (C=O) groups is 4. The monoisotopic (exact) mass is 640 g/mol. The van der Waals surface area contributed by atoms with E-state index in [1.54, 1.807) is 36.4 Å². The lowest BCUT2D eigenvalue weighted by atomic mass is 9.81. The molecule has 0 radical (unpaired) electrons. The molecule has 0 N–H and O–H groups in total. The van der Waals surface area contributed by atoms with Crippen LogP contribution in [0.2, 0.25) is 10.0 Å². The molecule has 35 heavy (non-hydrogen) atoms. The normalized spacial score (nSPS) is 29.9. The second kappa shape index (κ2) is 9.29. The first-order valence-corrected chi connectivity index (χ1v) is 13.7. The van der Waals surface area contributed by atoms with Crippen LogP contribution < -0.4 is 0 Å². The van der Waals surface area contributed by atoms with Crippen LogP contribution in [0.5, 0.6) is 0 Å². The number of alkyl halides is 2. The van der Waals surface area contributed by atoms with Crippen molar-refractivity contribution in [3.05, 3.63) is 69.7 Å². The minimum Gasteiger partial charge on any atom is -0.292 e. The summed E-state index contributed by atoms with van der Waals surface area (Å²) in [5, 5.41) is 2.85.